The van der Waals surface area contributed by atoms with Crippen molar-refractivity contribution in [2.75, 3.05) is 5.32 Å². The highest BCUT2D eigenvalue weighted by Crippen LogP contribution is 2.15. The minimum atomic E-state index is -0.128. The highest BCUT2D eigenvalue weighted by molar-refractivity contribution is 6.05. The third kappa shape index (κ3) is 3.48. The van der Waals surface area contributed by atoms with E-state index in [0.717, 1.165) is 16.7 Å². The van der Waals surface area contributed by atoms with Crippen LogP contribution in [0.1, 0.15) is 34.0 Å². The molecule has 0 bridgehead atoms. The number of nitrogens with zero attached hydrogens (tertiary/aromatic N) is 1. The van der Waals surface area contributed by atoms with Crippen molar-refractivity contribution in [1.82, 2.24) is 0 Å². The van der Waals surface area contributed by atoms with Gasteiger partial charge in [0.1, 0.15) is 0 Å². The first-order valence-corrected chi connectivity index (χ1v) is 6.69. The molecule has 0 aliphatic carbocycles. The summed E-state index contributed by atoms with van der Waals surface area (Å²) in [6.45, 7) is 5.59. The van der Waals surface area contributed by atoms with Gasteiger partial charge in [-0.25, -0.2) is 0 Å². The predicted molar refractivity (Wildman–Crippen MR) is 84.3 cm³/mol. The lowest BCUT2D eigenvalue weighted by atomic mass is 10.0. The quantitative estimate of drug-likeness (QED) is 0.511. The van der Waals surface area contributed by atoms with Gasteiger partial charge >= 0.3 is 0 Å². The Morgan fingerprint density at radius 3 is 2.38 bits per heavy atom. The molecule has 2 aromatic carbocycles. The molecule has 4 nitrogen and oxygen atoms in total. The van der Waals surface area contributed by atoms with Crippen molar-refractivity contribution in [2.24, 2.45) is 5.16 Å². The molecule has 2 rings (SSSR count). The van der Waals surface area contributed by atoms with E-state index in [2.05, 4.69) is 10.5 Å². The van der Waals surface area contributed by atoms with E-state index in [-0.39, 0.29) is 5.91 Å². The molecule has 2 aromatic rings. The Hall–Kier alpha value is -2.62. The summed E-state index contributed by atoms with van der Waals surface area (Å²) in [7, 11) is 0. The van der Waals surface area contributed by atoms with E-state index in [9.17, 15) is 4.79 Å². The lowest BCUT2D eigenvalue weighted by Gasteiger charge is -2.09. The third-order valence-electron chi connectivity index (χ3n) is 3.35. The van der Waals surface area contributed by atoms with Crippen molar-refractivity contribution in [1.29, 1.82) is 0 Å². The summed E-state index contributed by atoms with van der Waals surface area (Å²) in [4.78, 5) is 12.3. The fourth-order valence-electron chi connectivity index (χ4n) is 2.03. The topological polar surface area (TPSA) is 61.7 Å². The number of carbonyl (C=O) groups is 1. The smallest absolute Gasteiger partial charge is 0.255 e. The first kappa shape index (κ1) is 14.8. The van der Waals surface area contributed by atoms with Gasteiger partial charge in [0.25, 0.3) is 5.91 Å². The monoisotopic (exact) mass is 282 g/mol. The summed E-state index contributed by atoms with van der Waals surface area (Å²) < 4.78 is 0. The summed E-state index contributed by atoms with van der Waals surface area (Å²) in [6.07, 6.45) is 0. The number of nitrogens with one attached hydrogen (secondary N) is 1. The maximum absolute atomic E-state index is 12.3. The molecule has 108 valence electrons. The van der Waals surface area contributed by atoms with Crippen LogP contribution in [0.25, 0.3) is 0 Å². The fourth-order valence-corrected chi connectivity index (χ4v) is 2.03. The molecular formula is C17H18N2O2. The summed E-state index contributed by atoms with van der Waals surface area (Å²) >= 11 is 0. The second-order valence-electron chi connectivity index (χ2n) is 5.04. The number of hydrogen-bond acceptors (Lipinski definition) is 3. The average Bonchev–Trinajstić information content (AvgIpc) is 2.49. The Kier molecular flexibility index (Phi) is 4.38. The number of benzene rings is 2. The van der Waals surface area contributed by atoms with Crippen LogP contribution in [0.5, 0.6) is 0 Å². The first-order chi connectivity index (χ1) is 10.0. The van der Waals surface area contributed by atoms with E-state index in [1.165, 1.54) is 0 Å². The van der Waals surface area contributed by atoms with Crippen molar-refractivity contribution >= 4 is 17.3 Å². The molecule has 4 heteroatoms. The van der Waals surface area contributed by atoms with Gasteiger partial charge in [0.05, 0.1) is 5.71 Å². The number of anilines is 1. The number of hydrogen-bond donors (Lipinski definition) is 2. The predicted octanol–water partition coefficient (Wildman–Crippen LogP) is 3.75. The zero-order valence-electron chi connectivity index (χ0n) is 12.3. The molecule has 21 heavy (non-hydrogen) atoms. The normalized spacial score (nSPS) is 11.3. The molecule has 1 amide bonds. The molecule has 0 spiro atoms. The van der Waals surface area contributed by atoms with Gasteiger partial charge in [0, 0.05) is 11.3 Å². The molecule has 0 fully saturated rings. The number of carbonyl (C=O) groups excluding carboxylic acids is 1. The van der Waals surface area contributed by atoms with Crippen LogP contribution in [-0.2, 0) is 0 Å². The number of oxime groups is 1. The van der Waals surface area contributed by atoms with E-state index in [1.807, 2.05) is 32.0 Å². The van der Waals surface area contributed by atoms with Gasteiger partial charge in [-0.15, -0.1) is 0 Å². The zero-order valence-corrected chi connectivity index (χ0v) is 12.3. The Balaban J connectivity index is 2.18. The highest BCUT2D eigenvalue weighted by Gasteiger charge is 2.09. The van der Waals surface area contributed by atoms with Gasteiger partial charge < -0.3 is 10.5 Å². The minimum absolute atomic E-state index is 0.128. The van der Waals surface area contributed by atoms with Gasteiger partial charge in [-0.2, -0.15) is 0 Å². The van der Waals surface area contributed by atoms with Crippen LogP contribution in [0.4, 0.5) is 5.69 Å². The first-order valence-electron chi connectivity index (χ1n) is 6.69. The van der Waals surface area contributed by atoms with Gasteiger partial charge in [-0.3, -0.25) is 4.79 Å². The van der Waals surface area contributed by atoms with Gasteiger partial charge in [-0.1, -0.05) is 35.0 Å². The van der Waals surface area contributed by atoms with Crippen LogP contribution < -0.4 is 5.32 Å². The van der Waals surface area contributed by atoms with Crippen LogP contribution in [0.15, 0.2) is 47.6 Å². The van der Waals surface area contributed by atoms with Crippen LogP contribution in [0.2, 0.25) is 0 Å². The van der Waals surface area contributed by atoms with Crippen molar-refractivity contribution in [3.63, 3.8) is 0 Å². The van der Waals surface area contributed by atoms with Crippen LogP contribution >= 0.6 is 0 Å². The molecular weight excluding hydrogens is 264 g/mol. The van der Waals surface area contributed by atoms with E-state index in [4.69, 9.17) is 5.21 Å². The van der Waals surface area contributed by atoms with Crippen molar-refractivity contribution in [2.45, 2.75) is 20.8 Å². The van der Waals surface area contributed by atoms with Crippen LogP contribution in [0, 0.1) is 13.8 Å². The number of rotatable bonds is 3. The SMILES string of the molecule is C/C(=N\O)c1ccc(NC(=O)c2cc(C)ccc2C)cc1. The Labute approximate surface area is 124 Å². The lowest BCUT2D eigenvalue weighted by Crippen LogP contribution is -2.13. The van der Waals surface area contributed by atoms with E-state index >= 15 is 0 Å². The van der Waals surface area contributed by atoms with E-state index in [1.54, 1.807) is 31.2 Å². The molecule has 0 radical (unpaired) electrons. The van der Waals surface area contributed by atoms with E-state index < -0.39 is 0 Å². The van der Waals surface area contributed by atoms with Gasteiger partial charge in [0.15, 0.2) is 0 Å². The maximum Gasteiger partial charge on any atom is 0.255 e. The fraction of sp³-hybridized carbons (Fsp3) is 0.176. The zero-order chi connectivity index (χ0) is 15.4. The molecule has 0 atom stereocenters. The minimum Gasteiger partial charge on any atom is -0.411 e. The Morgan fingerprint density at radius 2 is 1.76 bits per heavy atom. The summed E-state index contributed by atoms with van der Waals surface area (Å²) in [5.74, 6) is -0.128. The molecule has 0 saturated carbocycles. The number of aryl methyl sites for hydroxylation is 2. The molecule has 0 heterocycles. The van der Waals surface area contributed by atoms with Crippen molar-refractivity contribution in [3.05, 3.63) is 64.7 Å². The lowest BCUT2D eigenvalue weighted by molar-refractivity contribution is 0.102. The Bertz CT molecular complexity index is 688. The molecule has 0 aromatic heterocycles. The standard InChI is InChI=1S/C17H18N2O2/c1-11-4-5-12(2)16(10-11)17(20)18-15-8-6-14(7-9-15)13(3)19-21/h4-10,21H,1-3H3,(H,18,20)/b19-13+. The molecule has 2 N–H and O–H groups in total. The molecule has 0 aliphatic rings. The van der Waals surface area contributed by atoms with Gasteiger partial charge in [0.2, 0.25) is 0 Å². The highest BCUT2D eigenvalue weighted by atomic mass is 16.4. The van der Waals surface area contributed by atoms with Crippen molar-refractivity contribution in [3.8, 4) is 0 Å². The maximum atomic E-state index is 12.3. The summed E-state index contributed by atoms with van der Waals surface area (Å²) in [6, 6.07) is 13.0. The molecule has 0 aliphatic heterocycles. The number of amides is 1. The van der Waals surface area contributed by atoms with Crippen LogP contribution in [0.3, 0.4) is 0 Å². The second kappa shape index (κ2) is 6.22. The Morgan fingerprint density at radius 1 is 1.10 bits per heavy atom. The summed E-state index contributed by atoms with van der Waals surface area (Å²) in [5.41, 5.74) is 4.71. The molecule has 0 unspecified atom stereocenters. The van der Waals surface area contributed by atoms with Gasteiger partial charge in [-0.05, 0) is 50.1 Å². The molecule has 0 saturated heterocycles. The average molecular weight is 282 g/mol. The van der Waals surface area contributed by atoms with Crippen LogP contribution in [-0.4, -0.2) is 16.8 Å². The van der Waals surface area contributed by atoms with Crippen molar-refractivity contribution < 1.29 is 10.0 Å². The summed E-state index contributed by atoms with van der Waals surface area (Å²) in [5, 5.41) is 14.7. The third-order valence-corrected chi connectivity index (χ3v) is 3.35. The second-order valence-corrected chi connectivity index (χ2v) is 5.04. The van der Waals surface area contributed by atoms with E-state index in [0.29, 0.717) is 17.0 Å². The largest absolute Gasteiger partial charge is 0.411 e.